The van der Waals surface area contributed by atoms with Crippen LogP contribution in [-0.2, 0) is 24.9 Å². The van der Waals surface area contributed by atoms with E-state index in [1.807, 2.05) is 43.7 Å². The molecule has 1 unspecified atom stereocenters. The van der Waals surface area contributed by atoms with E-state index in [9.17, 15) is 4.79 Å². The number of nitrogens with one attached hydrogen (secondary N) is 2. The van der Waals surface area contributed by atoms with Crippen LogP contribution in [0, 0.1) is 0 Å². The van der Waals surface area contributed by atoms with E-state index in [4.69, 9.17) is 9.15 Å². The number of aliphatic imine (C=N–C) groups is 1. The van der Waals surface area contributed by atoms with Crippen LogP contribution in [0.5, 0.6) is 0 Å². The number of halogens is 1. The Bertz CT molecular complexity index is 1070. The third-order valence-electron chi connectivity index (χ3n) is 5.32. The number of furan rings is 1. The van der Waals surface area contributed by atoms with Gasteiger partial charge in [0.15, 0.2) is 5.96 Å². The largest absolute Gasteiger partial charge is 0.467 e. The summed E-state index contributed by atoms with van der Waals surface area (Å²) in [4.78, 5) is 19.1. The van der Waals surface area contributed by atoms with E-state index in [0.717, 1.165) is 29.4 Å². The average molecular weight is 564 g/mol. The Morgan fingerprint density at radius 3 is 2.85 bits per heavy atom. The fraction of sp³-hybridized carbons (Fsp3) is 0.348. The molecular formula is C23H29IN6O3. The van der Waals surface area contributed by atoms with Crippen molar-refractivity contribution in [3.8, 4) is 0 Å². The van der Waals surface area contributed by atoms with E-state index < -0.39 is 0 Å². The van der Waals surface area contributed by atoms with Crippen molar-refractivity contribution in [2.75, 3.05) is 26.7 Å². The molecule has 176 valence electrons. The Hall–Kier alpha value is -2.86. The monoisotopic (exact) mass is 564 g/mol. The smallest absolute Gasteiger partial charge is 0.251 e. The molecule has 0 saturated carbocycles. The molecule has 3 heterocycles. The number of carbonyl (C=O) groups excluding carboxylic acids is 1. The molecule has 3 aromatic rings. The minimum Gasteiger partial charge on any atom is -0.467 e. The summed E-state index contributed by atoms with van der Waals surface area (Å²) in [6.07, 6.45) is 5.37. The lowest BCUT2D eigenvalue weighted by Gasteiger charge is -2.34. The standard InChI is InChI=1S/C23H28N6O3.HI/c1-24-23(29-8-10-32-21(16-29)19-13-27-28(2)15-19)26-12-17-5-3-6-18(11-17)22(30)25-14-20-7-4-9-31-20;/h3-7,9,11,13,15,21H,8,10,12,14,16H2,1-2H3,(H,24,26)(H,25,30);1H. The highest BCUT2D eigenvalue weighted by molar-refractivity contribution is 14.0. The third kappa shape index (κ3) is 6.57. The molecule has 4 rings (SSSR count). The molecule has 1 amide bonds. The van der Waals surface area contributed by atoms with Crippen molar-refractivity contribution in [3.05, 3.63) is 77.5 Å². The number of morpholine rings is 1. The van der Waals surface area contributed by atoms with Gasteiger partial charge in [-0.05, 0) is 29.8 Å². The van der Waals surface area contributed by atoms with Gasteiger partial charge in [-0.1, -0.05) is 12.1 Å². The van der Waals surface area contributed by atoms with Crippen molar-refractivity contribution in [1.82, 2.24) is 25.3 Å². The van der Waals surface area contributed by atoms with E-state index in [-0.39, 0.29) is 36.0 Å². The van der Waals surface area contributed by atoms with Crippen LogP contribution in [-0.4, -0.2) is 53.3 Å². The van der Waals surface area contributed by atoms with Crippen molar-refractivity contribution in [2.24, 2.45) is 12.0 Å². The Labute approximate surface area is 210 Å². The molecule has 1 fully saturated rings. The van der Waals surface area contributed by atoms with Crippen LogP contribution < -0.4 is 10.6 Å². The Balaban J connectivity index is 0.00000306. The van der Waals surface area contributed by atoms with E-state index in [0.29, 0.717) is 31.8 Å². The summed E-state index contributed by atoms with van der Waals surface area (Å²) in [6.45, 7) is 2.98. The van der Waals surface area contributed by atoms with E-state index in [1.54, 1.807) is 30.1 Å². The molecule has 2 aromatic heterocycles. The minimum absolute atomic E-state index is 0. The molecule has 1 aliphatic rings. The predicted octanol–water partition coefficient (Wildman–Crippen LogP) is 2.71. The highest BCUT2D eigenvalue weighted by atomic mass is 127. The van der Waals surface area contributed by atoms with Gasteiger partial charge in [-0.3, -0.25) is 14.5 Å². The number of rotatable bonds is 6. The number of benzene rings is 1. The van der Waals surface area contributed by atoms with Gasteiger partial charge < -0.3 is 24.7 Å². The van der Waals surface area contributed by atoms with Gasteiger partial charge in [-0.2, -0.15) is 5.10 Å². The zero-order valence-electron chi connectivity index (χ0n) is 18.7. The number of amides is 1. The van der Waals surface area contributed by atoms with Crippen LogP contribution in [0.15, 0.2) is 64.5 Å². The summed E-state index contributed by atoms with van der Waals surface area (Å²) in [6, 6.07) is 11.2. The second-order valence-corrected chi connectivity index (χ2v) is 7.62. The molecule has 0 bridgehead atoms. The summed E-state index contributed by atoms with van der Waals surface area (Å²) in [5.74, 6) is 1.38. The van der Waals surface area contributed by atoms with Gasteiger partial charge in [0.05, 0.1) is 32.2 Å². The van der Waals surface area contributed by atoms with Gasteiger partial charge in [0, 0.05) is 44.5 Å². The molecule has 0 aliphatic carbocycles. The maximum absolute atomic E-state index is 12.5. The fourth-order valence-corrected chi connectivity index (χ4v) is 3.67. The number of ether oxygens (including phenoxy) is 1. The van der Waals surface area contributed by atoms with Crippen molar-refractivity contribution >= 4 is 35.8 Å². The number of hydrogen-bond donors (Lipinski definition) is 2. The van der Waals surface area contributed by atoms with Crippen LogP contribution >= 0.6 is 24.0 Å². The molecule has 1 atom stereocenters. The first-order valence-electron chi connectivity index (χ1n) is 10.6. The summed E-state index contributed by atoms with van der Waals surface area (Å²) in [5, 5.41) is 10.5. The molecule has 10 heteroatoms. The van der Waals surface area contributed by atoms with Gasteiger partial charge in [0.2, 0.25) is 0 Å². The quantitative estimate of drug-likeness (QED) is 0.272. The van der Waals surface area contributed by atoms with Crippen LogP contribution in [0.3, 0.4) is 0 Å². The molecule has 0 spiro atoms. The van der Waals surface area contributed by atoms with Gasteiger partial charge in [0.1, 0.15) is 11.9 Å². The molecule has 33 heavy (non-hydrogen) atoms. The summed E-state index contributed by atoms with van der Waals surface area (Å²) >= 11 is 0. The van der Waals surface area contributed by atoms with E-state index >= 15 is 0 Å². The molecule has 0 radical (unpaired) electrons. The minimum atomic E-state index is -0.139. The van der Waals surface area contributed by atoms with Crippen molar-refractivity contribution in [3.63, 3.8) is 0 Å². The Kier molecular flexibility index (Phi) is 8.89. The highest BCUT2D eigenvalue weighted by Crippen LogP contribution is 2.21. The molecule has 1 aliphatic heterocycles. The van der Waals surface area contributed by atoms with Crippen molar-refractivity contribution < 1.29 is 13.9 Å². The van der Waals surface area contributed by atoms with Gasteiger partial charge in [-0.25, -0.2) is 0 Å². The van der Waals surface area contributed by atoms with Crippen LogP contribution in [0.25, 0.3) is 0 Å². The zero-order chi connectivity index (χ0) is 22.3. The normalized spacial score (nSPS) is 16.2. The number of aromatic nitrogens is 2. The zero-order valence-corrected chi connectivity index (χ0v) is 21.1. The highest BCUT2D eigenvalue weighted by Gasteiger charge is 2.25. The SMILES string of the molecule is CN=C(NCc1cccc(C(=O)NCc2ccco2)c1)N1CCOC(c2cnn(C)c2)C1.I. The first-order chi connectivity index (χ1) is 15.6. The average Bonchev–Trinajstić information content (AvgIpc) is 3.50. The molecular weight excluding hydrogens is 535 g/mol. The van der Waals surface area contributed by atoms with Gasteiger partial charge >= 0.3 is 0 Å². The summed E-state index contributed by atoms with van der Waals surface area (Å²) in [7, 11) is 3.67. The van der Waals surface area contributed by atoms with Crippen molar-refractivity contribution in [1.29, 1.82) is 0 Å². The molecule has 1 saturated heterocycles. The van der Waals surface area contributed by atoms with Crippen molar-refractivity contribution in [2.45, 2.75) is 19.2 Å². The van der Waals surface area contributed by atoms with Crippen LogP contribution in [0.4, 0.5) is 0 Å². The predicted molar refractivity (Wildman–Crippen MR) is 135 cm³/mol. The molecule has 1 aromatic carbocycles. The maximum Gasteiger partial charge on any atom is 0.251 e. The van der Waals surface area contributed by atoms with Crippen LogP contribution in [0.2, 0.25) is 0 Å². The number of nitrogens with zero attached hydrogens (tertiary/aromatic N) is 4. The molecule has 9 nitrogen and oxygen atoms in total. The second kappa shape index (κ2) is 11.8. The first-order valence-corrected chi connectivity index (χ1v) is 10.6. The summed E-state index contributed by atoms with van der Waals surface area (Å²) < 4.78 is 13.0. The number of hydrogen-bond acceptors (Lipinski definition) is 5. The lowest BCUT2D eigenvalue weighted by molar-refractivity contribution is -0.00805. The lowest BCUT2D eigenvalue weighted by atomic mass is 10.1. The number of carbonyl (C=O) groups is 1. The topological polar surface area (TPSA) is 96.9 Å². The second-order valence-electron chi connectivity index (χ2n) is 7.62. The lowest BCUT2D eigenvalue weighted by Crippen LogP contribution is -2.47. The summed E-state index contributed by atoms with van der Waals surface area (Å²) in [5.41, 5.74) is 2.66. The Morgan fingerprint density at radius 1 is 1.24 bits per heavy atom. The number of aryl methyl sites for hydroxylation is 1. The van der Waals surface area contributed by atoms with Gasteiger partial charge in [0.25, 0.3) is 5.91 Å². The van der Waals surface area contributed by atoms with E-state index in [1.165, 1.54) is 0 Å². The third-order valence-corrected chi connectivity index (χ3v) is 5.32. The van der Waals surface area contributed by atoms with E-state index in [2.05, 4.69) is 25.6 Å². The maximum atomic E-state index is 12.5. The first kappa shape index (κ1) is 24.8. The fourth-order valence-electron chi connectivity index (χ4n) is 3.67. The molecule has 2 N–H and O–H groups in total. The van der Waals surface area contributed by atoms with Crippen LogP contribution in [0.1, 0.15) is 33.3 Å². The number of guanidine groups is 1. The Morgan fingerprint density at radius 2 is 2.12 bits per heavy atom. The van der Waals surface area contributed by atoms with Gasteiger partial charge in [-0.15, -0.1) is 24.0 Å².